The number of rotatable bonds is 8. The van der Waals surface area contributed by atoms with Crippen molar-refractivity contribution in [3.05, 3.63) is 54.1 Å². The van der Waals surface area contributed by atoms with E-state index in [9.17, 15) is 9.59 Å². The first-order valence-corrected chi connectivity index (χ1v) is 10.1. The minimum Gasteiger partial charge on any atom is -0.479 e. The molecule has 1 amide bonds. The monoisotopic (exact) mass is 415 g/mol. The van der Waals surface area contributed by atoms with Gasteiger partial charge in [-0.15, -0.1) is 11.3 Å². The third-order valence-corrected chi connectivity index (χ3v) is 5.72. The van der Waals surface area contributed by atoms with Crippen molar-refractivity contribution in [2.75, 3.05) is 5.75 Å². The number of carbonyl (C=O) groups excluding carboxylic acids is 1. The number of hydrogen-bond donors (Lipinski definition) is 2. The highest BCUT2D eigenvalue weighted by Crippen LogP contribution is 2.28. The van der Waals surface area contributed by atoms with E-state index in [1.54, 1.807) is 35.6 Å². The second-order valence-electron chi connectivity index (χ2n) is 5.70. The first-order chi connectivity index (χ1) is 13.5. The Kier molecular flexibility index (Phi) is 6.62. The molecule has 2 N–H and O–H groups in total. The Morgan fingerprint density at radius 3 is 2.75 bits per heavy atom. The Morgan fingerprint density at radius 1 is 1.29 bits per heavy atom. The van der Waals surface area contributed by atoms with Gasteiger partial charge in [0.15, 0.2) is 10.4 Å². The number of thiazole rings is 1. The molecule has 0 spiro atoms. The topological polar surface area (TPSA) is 101 Å². The molecule has 0 aliphatic heterocycles. The van der Waals surface area contributed by atoms with Crippen LogP contribution in [0.5, 0.6) is 5.75 Å². The van der Waals surface area contributed by atoms with Gasteiger partial charge in [0.05, 0.1) is 22.2 Å². The molecule has 1 unspecified atom stereocenters. The average Bonchev–Trinajstić information content (AvgIpc) is 3.10. The van der Waals surface area contributed by atoms with Gasteiger partial charge in [-0.3, -0.25) is 4.79 Å². The molecule has 1 aromatic heterocycles. The number of carbonyl (C=O) groups is 2. The number of hydrogen-bond acceptors (Lipinski definition) is 7. The molecule has 1 atom stereocenters. The van der Waals surface area contributed by atoms with Crippen LogP contribution in [0.3, 0.4) is 0 Å². The fourth-order valence-electron chi connectivity index (χ4n) is 2.14. The van der Waals surface area contributed by atoms with Crippen LogP contribution in [0.15, 0.2) is 58.0 Å². The summed E-state index contributed by atoms with van der Waals surface area (Å²) < 4.78 is 7.18. The summed E-state index contributed by atoms with van der Waals surface area (Å²) in [5.74, 6) is -0.590. The average molecular weight is 415 g/mol. The van der Waals surface area contributed by atoms with E-state index in [-0.39, 0.29) is 11.7 Å². The predicted molar refractivity (Wildman–Crippen MR) is 110 cm³/mol. The van der Waals surface area contributed by atoms with E-state index < -0.39 is 12.1 Å². The maximum absolute atomic E-state index is 11.9. The molecule has 3 rings (SSSR count). The van der Waals surface area contributed by atoms with Crippen molar-refractivity contribution in [3.8, 4) is 5.75 Å². The van der Waals surface area contributed by atoms with Crippen molar-refractivity contribution < 1.29 is 19.4 Å². The summed E-state index contributed by atoms with van der Waals surface area (Å²) >= 11 is 2.92. The van der Waals surface area contributed by atoms with Crippen LogP contribution in [0, 0.1) is 0 Å². The first kappa shape index (κ1) is 19.8. The number of hydrazone groups is 1. The van der Waals surface area contributed by atoms with Crippen LogP contribution in [0.1, 0.15) is 12.5 Å². The molecule has 9 heteroatoms. The molecular formula is C19H17N3O4S2. The smallest absolute Gasteiger partial charge is 0.344 e. The number of carboxylic acids is 1. The number of ether oxygens (including phenoxy) is 1. The van der Waals surface area contributed by atoms with Gasteiger partial charge in [-0.05, 0) is 48.9 Å². The Labute approximate surface area is 169 Å². The summed E-state index contributed by atoms with van der Waals surface area (Å²) in [7, 11) is 0. The third-order valence-electron chi connectivity index (χ3n) is 3.54. The van der Waals surface area contributed by atoms with Gasteiger partial charge in [0, 0.05) is 0 Å². The molecule has 144 valence electrons. The highest BCUT2D eigenvalue weighted by Gasteiger charge is 2.12. The SMILES string of the molecule is CC(Oc1ccc(C=NNC(=O)CSc2nc3ccccc3s2)cc1)C(=O)O. The van der Waals surface area contributed by atoms with Gasteiger partial charge in [-0.2, -0.15) is 5.10 Å². The van der Waals surface area contributed by atoms with Crippen LogP contribution in [-0.2, 0) is 9.59 Å². The molecule has 2 aromatic carbocycles. The zero-order valence-electron chi connectivity index (χ0n) is 14.9. The number of nitrogens with one attached hydrogen (secondary N) is 1. The lowest BCUT2D eigenvalue weighted by Crippen LogP contribution is -2.22. The molecule has 1 heterocycles. The summed E-state index contributed by atoms with van der Waals surface area (Å²) in [5.41, 5.74) is 4.15. The Morgan fingerprint density at radius 2 is 2.04 bits per heavy atom. The van der Waals surface area contributed by atoms with Gasteiger partial charge in [0.2, 0.25) is 0 Å². The molecular weight excluding hydrogens is 398 g/mol. The largest absolute Gasteiger partial charge is 0.479 e. The molecule has 0 aliphatic rings. The van der Waals surface area contributed by atoms with Gasteiger partial charge in [-0.1, -0.05) is 23.9 Å². The van der Waals surface area contributed by atoms with E-state index in [1.165, 1.54) is 24.9 Å². The van der Waals surface area contributed by atoms with Crippen molar-refractivity contribution >= 4 is 51.4 Å². The van der Waals surface area contributed by atoms with E-state index in [0.717, 1.165) is 20.1 Å². The lowest BCUT2D eigenvalue weighted by molar-refractivity contribution is -0.144. The summed E-state index contributed by atoms with van der Waals surface area (Å²) in [6.45, 7) is 1.46. The highest BCUT2D eigenvalue weighted by atomic mass is 32.2. The van der Waals surface area contributed by atoms with Crippen LogP contribution in [0.25, 0.3) is 10.2 Å². The molecule has 0 saturated carbocycles. The number of nitrogens with zero attached hydrogens (tertiary/aromatic N) is 2. The van der Waals surface area contributed by atoms with Crippen LogP contribution >= 0.6 is 23.1 Å². The lowest BCUT2D eigenvalue weighted by Gasteiger charge is -2.09. The van der Waals surface area contributed by atoms with Gasteiger partial charge in [-0.25, -0.2) is 15.2 Å². The van der Waals surface area contributed by atoms with E-state index in [0.29, 0.717) is 5.75 Å². The van der Waals surface area contributed by atoms with Gasteiger partial charge >= 0.3 is 5.97 Å². The van der Waals surface area contributed by atoms with Crippen LogP contribution in [0.4, 0.5) is 0 Å². The number of para-hydroxylation sites is 1. The second-order valence-corrected chi connectivity index (χ2v) is 7.95. The van der Waals surface area contributed by atoms with Crippen molar-refractivity contribution in [1.29, 1.82) is 0 Å². The Hall–Kier alpha value is -2.91. The van der Waals surface area contributed by atoms with Gasteiger partial charge in [0.25, 0.3) is 5.91 Å². The quantitative estimate of drug-likeness (QED) is 0.332. The number of benzene rings is 2. The zero-order chi connectivity index (χ0) is 19.9. The number of thioether (sulfide) groups is 1. The maximum Gasteiger partial charge on any atom is 0.344 e. The Bertz CT molecular complexity index is 969. The zero-order valence-corrected chi connectivity index (χ0v) is 16.5. The van der Waals surface area contributed by atoms with E-state index in [4.69, 9.17) is 9.84 Å². The standard InChI is InChI=1S/C19H17N3O4S2/c1-12(18(24)25)26-14-8-6-13(7-9-14)10-20-22-17(23)11-27-19-21-15-4-2-3-5-16(15)28-19/h2-10,12H,11H2,1H3,(H,22,23)(H,24,25). The van der Waals surface area contributed by atoms with Crippen molar-refractivity contribution in [1.82, 2.24) is 10.4 Å². The first-order valence-electron chi connectivity index (χ1n) is 8.31. The summed E-state index contributed by atoms with van der Waals surface area (Å²) in [6, 6.07) is 14.6. The molecule has 0 bridgehead atoms. The molecule has 0 aliphatic carbocycles. The number of carboxylic acid groups (broad SMARTS) is 1. The molecule has 7 nitrogen and oxygen atoms in total. The number of aromatic nitrogens is 1. The fraction of sp³-hybridized carbons (Fsp3) is 0.158. The van der Waals surface area contributed by atoms with Crippen molar-refractivity contribution in [3.63, 3.8) is 0 Å². The minimum atomic E-state index is -1.03. The third kappa shape index (κ3) is 5.54. The summed E-state index contributed by atoms with van der Waals surface area (Å²) in [4.78, 5) is 27.2. The molecule has 0 fully saturated rings. The number of fused-ring (bicyclic) bond motifs is 1. The molecule has 28 heavy (non-hydrogen) atoms. The van der Waals surface area contributed by atoms with E-state index in [1.807, 2.05) is 24.3 Å². The van der Waals surface area contributed by atoms with Crippen LogP contribution in [-0.4, -0.2) is 40.0 Å². The summed E-state index contributed by atoms with van der Waals surface area (Å²) in [6.07, 6.45) is 0.580. The maximum atomic E-state index is 11.9. The molecule has 0 saturated heterocycles. The normalized spacial score (nSPS) is 12.2. The van der Waals surface area contributed by atoms with Crippen LogP contribution < -0.4 is 10.2 Å². The van der Waals surface area contributed by atoms with E-state index >= 15 is 0 Å². The van der Waals surface area contributed by atoms with E-state index in [2.05, 4.69) is 15.5 Å². The second kappa shape index (κ2) is 9.34. The van der Waals surface area contributed by atoms with Crippen molar-refractivity contribution in [2.45, 2.75) is 17.4 Å². The number of amides is 1. The van der Waals surface area contributed by atoms with Crippen molar-refractivity contribution in [2.24, 2.45) is 5.10 Å². The molecule has 0 radical (unpaired) electrons. The number of aliphatic carboxylic acids is 1. The van der Waals surface area contributed by atoms with Gasteiger partial charge < -0.3 is 9.84 Å². The highest BCUT2D eigenvalue weighted by molar-refractivity contribution is 8.01. The fourth-order valence-corrected chi connectivity index (χ4v) is 4.00. The lowest BCUT2D eigenvalue weighted by atomic mass is 10.2. The molecule has 3 aromatic rings. The van der Waals surface area contributed by atoms with Gasteiger partial charge in [0.1, 0.15) is 5.75 Å². The summed E-state index contributed by atoms with van der Waals surface area (Å²) in [5, 5.41) is 12.8. The predicted octanol–water partition coefficient (Wildman–Crippen LogP) is 3.39. The minimum absolute atomic E-state index is 0.219. The van der Waals surface area contributed by atoms with Crippen LogP contribution in [0.2, 0.25) is 0 Å². The Balaban J connectivity index is 1.45.